The Hall–Kier alpha value is -2.41. The first-order valence-electron chi connectivity index (χ1n) is 9.14. The molecule has 0 radical (unpaired) electrons. The molecule has 0 unspecified atom stereocenters. The van der Waals surface area contributed by atoms with Gasteiger partial charge in [0.2, 0.25) is 5.82 Å². The molecule has 0 aliphatic carbocycles. The molecule has 0 saturated carbocycles. The largest absolute Gasteiger partial charge is 0.364 e. The molecule has 1 saturated heterocycles. The monoisotopic (exact) mass is 357 g/mol. The topological polar surface area (TPSA) is 76.2 Å². The van der Waals surface area contributed by atoms with E-state index in [1.54, 1.807) is 18.7 Å². The van der Waals surface area contributed by atoms with Crippen molar-refractivity contribution in [3.63, 3.8) is 0 Å². The third-order valence-electron chi connectivity index (χ3n) is 5.17. The van der Waals surface area contributed by atoms with Crippen LogP contribution in [0.1, 0.15) is 29.7 Å². The number of rotatable bonds is 6. The summed E-state index contributed by atoms with van der Waals surface area (Å²) in [5.74, 6) is 1.04. The Bertz CT molecular complexity index is 761. The van der Waals surface area contributed by atoms with Gasteiger partial charge < -0.3 is 5.32 Å². The highest BCUT2D eigenvalue weighted by Crippen LogP contribution is 2.28. The smallest absolute Gasteiger partial charge is 0.333 e. The molecule has 1 aromatic heterocycles. The van der Waals surface area contributed by atoms with Crippen molar-refractivity contribution in [2.45, 2.75) is 33.2 Å². The summed E-state index contributed by atoms with van der Waals surface area (Å²) in [6.45, 7) is 7.65. The van der Waals surface area contributed by atoms with Crippen LogP contribution in [-0.2, 0) is 13.6 Å². The number of likely N-dealkylation sites (tertiary alicyclic amines) is 1. The number of piperidine rings is 1. The van der Waals surface area contributed by atoms with Crippen LogP contribution in [0, 0.1) is 29.9 Å². The lowest BCUT2D eigenvalue weighted by Crippen LogP contribution is -2.35. The lowest BCUT2D eigenvalue weighted by molar-refractivity contribution is -0.384. The van der Waals surface area contributed by atoms with E-state index in [4.69, 9.17) is 0 Å². The van der Waals surface area contributed by atoms with Gasteiger partial charge in [0.25, 0.3) is 0 Å². The zero-order chi connectivity index (χ0) is 18.7. The molecule has 26 heavy (non-hydrogen) atoms. The maximum absolute atomic E-state index is 11.3. The van der Waals surface area contributed by atoms with Gasteiger partial charge in [-0.15, -0.1) is 0 Å². The van der Waals surface area contributed by atoms with Gasteiger partial charge in [-0.2, -0.15) is 5.10 Å². The van der Waals surface area contributed by atoms with Crippen LogP contribution in [0.4, 0.5) is 11.5 Å². The zero-order valence-electron chi connectivity index (χ0n) is 15.7. The van der Waals surface area contributed by atoms with Crippen molar-refractivity contribution in [1.82, 2.24) is 14.7 Å². The van der Waals surface area contributed by atoms with Crippen LogP contribution in [0.3, 0.4) is 0 Å². The van der Waals surface area contributed by atoms with Crippen molar-refractivity contribution >= 4 is 11.5 Å². The van der Waals surface area contributed by atoms with Gasteiger partial charge in [0, 0.05) is 20.1 Å². The van der Waals surface area contributed by atoms with E-state index in [0.717, 1.165) is 39.0 Å². The number of aryl methyl sites for hydroxylation is 3. The van der Waals surface area contributed by atoms with Gasteiger partial charge in [0.1, 0.15) is 5.69 Å². The molecule has 0 spiro atoms. The minimum absolute atomic E-state index is 0.0873. The van der Waals surface area contributed by atoms with Gasteiger partial charge in [-0.1, -0.05) is 29.8 Å². The predicted molar refractivity (Wildman–Crippen MR) is 102 cm³/mol. The molecular formula is C19H27N5O2. The Balaban J connectivity index is 1.50. The fraction of sp³-hybridized carbons (Fsp3) is 0.526. The lowest BCUT2D eigenvalue weighted by Gasteiger charge is -2.32. The number of nitro groups is 1. The van der Waals surface area contributed by atoms with Crippen LogP contribution in [-0.4, -0.2) is 39.2 Å². The molecule has 140 valence electrons. The Morgan fingerprint density at radius 2 is 1.88 bits per heavy atom. The minimum Gasteiger partial charge on any atom is -0.364 e. The molecule has 7 nitrogen and oxygen atoms in total. The first kappa shape index (κ1) is 18.4. The van der Waals surface area contributed by atoms with E-state index in [1.165, 1.54) is 11.1 Å². The first-order valence-corrected chi connectivity index (χ1v) is 9.14. The zero-order valence-corrected chi connectivity index (χ0v) is 15.7. The van der Waals surface area contributed by atoms with Gasteiger partial charge in [0.15, 0.2) is 0 Å². The maximum atomic E-state index is 11.3. The highest BCUT2D eigenvalue weighted by Gasteiger charge is 2.25. The highest BCUT2D eigenvalue weighted by molar-refractivity contribution is 5.59. The molecule has 2 aromatic rings. The second-order valence-electron chi connectivity index (χ2n) is 7.25. The summed E-state index contributed by atoms with van der Waals surface area (Å²) in [6.07, 6.45) is 2.20. The van der Waals surface area contributed by atoms with Crippen LogP contribution in [0.2, 0.25) is 0 Å². The lowest BCUT2D eigenvalue weighted by atomic mass is 9.96. The normalized spacial score (nSPS) is 16.0. The predicted octanol–water partition coefficient (Wildman–Crippen LogP) is 3.27. The van der Waals surface area contributed by atoms with Crippen LogP contribution >= 0.6 is 0 Å². The van der Waals surface area contributed by atoms with E-state index in [0.29, 0.717) is 17.4 Å². The third-order valence-corrected chi connectivity index (χ3v) is 5.17. The Kier molecular flexibility index (Phi) is 5.56. The van der Waals surface area contributed by atoms with Crippen molar-refractivity contribution < 1.29 is 4.92 Å². The Morgan fingerprint density at radius 1 is 1.23 bits per heavy atom. The number of nitrogens with one attached hydrogen (secondary N) is 1. The number of hydrogen-bond donors (Lipinski definition) is 1. The molecule has 7 heteroatoms. The molecule has 0 amide bonds. The maximum Gasteiger partial charge on any atom is 0.333 e. The summed E-state index contributed by atoms with van der Waals surface area (Å²) in [7, 11) is 1.74. The average molecular weight is 357 g/mol. The fourth-order valence-electron chi connectivity index (χ4n) is 3.61. The fourth-order valence-corrected chi connectivity index (χ4v) is 3.61. The summed E-state index contributed by atoms with van der Waals surface area (Å²) in [6, 6.07) is 8.73. The molecule has 2 heterocycles. The molecule has 1 aliphatic rings. The van der Waals surface area contributed by atoms with Crippen LogP contribution < -0.4 is 5.32 Å². The average Bonchev–Trinajstić information content (AvgIpc) is 2.90. The van der Waals surface area contributed by atoms with Crippen molar-refractivity contribution in [3.05, 3.63) is 51.2 Å². The second kappa shape index (κ2) is 7.86. The molecule has 1 aromatic carbocycles. The minimum atomic E-state index is -0.352. The van der Waals surface area contributed by atoms with Gasteiger partial charge >= 0.3 is 5.69 Å². The van der Waals surface area contributed by atoms with Gasteiger partial charge in [-0.25, -0.2) is 4.68 Å². The molecule has 1 fully saturated rings. The second-order valence-corrected chi connectivity index (χ2v) is 7.25. The van der Waals surface area contributed by atoms with Crippen LogP contribution in [0.25, 0.3) is 0 Å². The first-order chi connectivity index (χ1) is 12.4. The summed E-state index contributed by atoms with van der Waals surface area (Å²) in [5.41, 5.74) is 3.18. The van der Waals surface area contributed by atoms with E-state index in [2.05, 4.69) is 46.5 Å². The number of benzene rings is 1. The molecule has 0 bridgehead atoms. The van der Waals surface area contributed by atoms with Gasteiger partial charge in [-0.3, -0.25) is 15.0 Å². The Morgan fingerprint density at radius 3 is 2.50 bits per heavy atom. The van der Waals surface area contributed by atoms with Crippen molar-refractivity contribution in [2.75, 3.05) is 25.0 Å². The highest BCUT2D eigenvalue weighted by atomic mass is 16.6. The molecule has 3 rings (SSSR count). The van der Waals surface area contributed by atoms with Crippen molar-refractivity contribution in [2.24, 2.45) is 13.0 Å². The van der Waals surface area contributed by atoms with Crippen molar-refractivity contribution in [1.29, 1.82) is 0 Å². The molecule has 1 aliphatic heterocycles. The summed E-state index contributed by atoms with van der Waals surface area (Å²) < 4.78 is 1.57. The van der Waals surface area contributed by atoms with Gasteiger partial charge in [-0.05, 0) is 51.3 Å². The summed E-state index contributed by atoms with van der Waals surface area (Å²) in [4.78, 5) is 13.4. The Labute approximate surface area is 154 Å². The summed E-state index contributed by atoms with van der Waals surface area (Å²) in [5, 5.41) is 18.7. The van der Waals surface area contributed by atoms with E-state index < -0.39 is 0 Å². The summed E-state index contributed by atoms with van der Waals surface area (Å²) >= 11 is 0. The van der Waals surface area contributed by atoms with E-state index in [9.17, 15) is 10.1 Å². The quantitative estimate of drug-likeness (QED) is 0.634. The third kappa shape index (κ3) is 4.22. The van der Waals surface area contributed by atoms with E-state index in [-0.39, 0.29) is 10.6 Å². The molecule has 1 N–H and O–H groups in total. The molecular weight excluding hydrogens is 330 g/mol. The number of anilines is 1. The van der Waals surface area contributed by atoms with E-state index in [1.807, 2.05) is 0 Å². The SMILES string of the molecule is Cc1ccc(CN2CCC(CNc3c([N+](=O)[O-])c(C)nn3C)CC2)cc1. The van der Waals surface area contributed by atoms with Crippen LogP contribution in [0.15, 0.2) is 24.3 Å². The number of nitrogens with zero attached hydrogens (tertiary/aromatic N) is 4. The van der Waals surface area contributed by atoms with Crippen LogP contribution in [0.5, 0.6) is 0 Å². The standard InChI is InChI=1S/C19H27N5O2/c1-14-4-6-17(7-5-14)13-23-10-8-16(9-11-23)12-20-19-18(24(25)26)15(2)21-22(19)3/h4-7,16,20H,8-13H2,1-3H3. The van der Waals surface area contributed by atoms with E-state index >= 15 is 0 Å². The van der Waals surface area contributed by atoms with Crippen molar-refractivity contribution in [3.8, 4) is 0 Å². The van der Waals surface area contributed by atoms with Gasteiger partial charge in [0.05, 0.1) is 4.92 Å². The molecule has 0 atom stereocenters. The number of aromatic nitrogens is 2. The number of hydrogen-bond acceptors (Lipinski definition) is 5.